The highest BCUT2D eigenvalue weighted by Gasteiger charge is 2.28. The molecule has 0 aromatic carbocycles. The SMILES string of the molecule is CC(O)CC1CCCN1C(C)C#N. The monoisotopic (exact) mass is 182 g/mol. The number of hydrogen-bond donors (Lipinski definition) is 1. The molecule has 0 radical (unpaired) electrons. The fraction of sp³-hybridized carbons (Fsp3) is 0.900. The molecule has 1 saturated heterocycles. The van der Waals surface area contributed by atoms with Gasteiger partial charge < -0.3 is 5.11 Å². The molecule has 0 aromatic rings. The average Bonchev–Trinajstić information content (AvgIpc) is 2.50. The molecule has 1 aliphatic rings. The van der Waals surface area contributed by atoms with E-state index in [0.717, 1.165) is 25.8 Å². The lowest BCUT2D eigenvalue weighted by Crippen LogP contribution is -2.37. The van der Waals surface area contributed by atoms with E-state index in [1.54, 1.807) is 0 Å². The summed E-state index contributed by atoms with van der Waals surface area (Å²) in [6, 6.07) is 2.66. The Morgan fingerprint density at radius 3 is 2.85 bits per heavy atom. The van der Waals surface area contributed by atoms with Gasteiger partial charge in [0.1, 0.15) is 0 Å². The summed E-state index contributed by atoms with van der Waals surface area (Å²) < 4.78 is 0. The maximum absolute atomic E-state index is 9.28. The molecule has 3 atom stereocenters. The van der Waals surface area contributed by atoms with Gasteiger partial charge in [-0.15, -0.1) is 0 Å². The molecule has 3 heteroatoms. The van der Waals surface area contributed by atoms with Gasteiger partial charge in [0, 0.05) is 6.04 Å². The van der Waals surface area contributed by atoms with Crippen LogP contribution in [0.4, 0.5) is 0 Å². The van der Waals surface area contributed by atoms with Crippen LogP contribution in [0.2, 0.25) is 0 Å². The quantitative estimate of drug-likeness (QED) is 0.712. The second kappa shape index (κ2) is 4.59. The summed E-state index contributed by atoms with van der Waals surface area (Å²) in [7, 11) is 0. The van der Waals surface area contributed by atoms with Crippen molar-refractivity contribution in [2.45, 2.75) is 51.3 Å². The van der Waals surface area contributed by atoms with E-state index in [4.69, 9.17) is 5.26 Å². The van der Waals surface area contributed by atoms with Crippen molar-refractivity contribution >= 4 is 0 Å². The Labute approximate surface area is 80.0 Å². The molecule has 1 aliphatic heterocycles. The van der Waals surface area contributed by atoms with E-state index in [1.807, 2.05) is 13.8 Å². The number of likely N-dealkylation sites (tertiary alicyclic amines) is 1. The van der Waals surface area contributed by atoms with E-state index in [1.165, 1.54) is 0 Å². The minimum Gasteiger partial charge on any atom is -0.393 e. The fourth-order valence-corrected chi connectivity index (χ4v) is 2.09. The number of nitriles is 1. The minimum absolute atomic E-state index is 0.00810. The fourth-order valence-electron chi connectivity index (χ4n) is 2.09. The Bertz CT molecular complexity index is 198. The molecule has 1 fully saturated rings. The van der Waals surface area contributed by atoms with Crippen molar-refractivity contribution in [1.29, 1.82) is 5.26 Å². The van der Waals surface area contributed by atoms with Gasteiger partial charge in [-0.05, 0) is 39.7 Å². The molecule has 1 rings (SSSR count). The molecule has 1 heterocycles. The first-order valence-electron chi connectivity index (χ1n) is 4.98. The highest BCUT2D eigenvalue weighted by Crippen LogP contribution is 2.23. The van der Waals surface area contributed by atoms with Gasteiger partial charge in [-0.1, -0.05) is 0 Å². The molecule has 0 aromatic heterocycles. The zero-order valence-corrected chi connectivity index (χ0v) is 8.40. The summed E-state index contributed by atoms with van der Waals surface area (Å²) in [5.74, 6) is 0. The summed E-state index contributed by atoms with van der Waals surface area (Å²) in [5.41, 5.74) is 0. The van der Waals surface area contributed by atoms with Gasteiger partial charge in [-0.3, -0.25) is 4.90 Å². The van der Waals surface area contributed by atoms with E-state index in [-0.39, 0.29) is 12.1 Å². The summed E-state index contributed by atoms with van der Waals surface area (Å²) >= 11 is 0. The van der Waals surface area contributed by atoms with E-state index < -0.39 is 0 Å². The molecule has 13 heavy (non-hydrogen) atoms. The molecule has 74 valence electrons. The number of rotatable bonds is 3. The number of aliphatic hydroxyl groups excluding tert-OH is 1. The van der Waals surface area contributed by atoms with Crippen molar-refractivity contribution in [1.82, 2.24) is 4.90 Å². The third-order valence-electron chi connectivity index (χ3n) is 2.72. The second-order valence-electron chi connectivity index (χ2n) is 3.92. The van der Waals surface area contributed by atoms with Crippen LogP contribution >= 0.6 is 0 Å². The summed E-state index contributed by atoms with van der Waals surface area (Å²) in [5, 5.41) is 18.1. The van der Waals surface area contributed by atoms with Gasteiger partial charge in [0.2, 0.25) is 0 Å². The smallest absolute Gasteiger partial charge is 0.0951 e. The maximum Gasteiger partial charge on any atom is 0.0951 e. The van der Waals surface area contributed by atoms with Crippen molar-refractivity contribution in [3.8, 4) is 6.07 Å². The van der Waals surface area contributed by atoms with Gasteiger partial charge in [0.05, 0.1) is 18.2 Å². The summed E-state index contributed by atoms with van der Waals surface area (Å²) in [4.78, 5) is 2.20. The highest BCUT2D eigenvalue weighted by atomic mass is 16.3. The molecule has 0 saturated carbocycles. The molecule has 0 amide bonds. The summed E-state index contributed by atoms with van der Waals surface area (Å²) in [6.45, 7) is 4.75. The molecule has 3 unspecified atom stereocenters. The van der Waals surface area contributed by atoms with Crippen molar-refractivity contribution in [2.24, 2.45) is 0 Å². The first-order valence-corrected chi connectivity index (χ1v) is 4.98. The lowest BCUT2D eigenvalue weighted by molar-refractivity contribution is 0.126. The third-order valence-corrected chi connectivity index (χ3v) is 2.72. The largest absolute Gasteiger partial charge is 0.393 e. The Balaban J connectivity index is 2.49. The molecule has 1 N–H and O–H groups in total. The van der Waals surface area contributed by atoms with Crippen molar-refractivity contribution < 1.29 is 5.11 Å². The van der Waals surface area contributed by atoms with Crippen molar-refractivity contribution in [3.05, 3.63) is 0 Å². The lowest BCUT2D eigenvalue weighted by atomic mass is 10.1. The van der Waals surface area contributed by atoms with Crippen LogP contribution in [-0.4, -0.2) is 34.7 Å². The van der Waals surface area contributed by atoms with E-state index in [0.29, 0.717) is 6.04 Å². The number of aliphatic hydroxyl groups is 1. The summed E-state index contributed by atoms with van der Waals surface area (Å²) in [6.07, 6.45) is 2.82. The Morgan fingerprint density at radius 1 is 1.62 bits per heavy atom. The zero-order valence-electron chi connectivity index (χ0n) is 8.40. The van der Waals surface area contributed by atoms with E-state index in [9.17, 15) is 5.11 Å². The Kier molecular flexibility index (Phi) is 3.71. The van der Waals surface area contributed by atoms with Gasteiger partial charge in [-0.2, -0.15) is 5.26 Å². The van der Waals surface area contributed by atoms with Crippen LogP contribution in [0.15, 0.2) is 0 Å². The van der Waals surface area contributed by atoms with Gasteiger partial charge in [0.25, 0.3) is 0 Å². The van der Waals surface area contributed by atoms with Crippen LogP contribution in [0.3, 0.4) is 0 Å². The zero-order chi connectivity index (χ0) is 9.84. The maximum atomic E-state index is 9.28. The van der Waals surface area contributed by atoms with Crippen LogP contribution in [0.5, 0.6) is 0 Å². The van der Waals surface area contributed by atoms with Crippen LogP contribution in [0.25, 0.3) is 0 Å². The van der Waals surface area contributed by atoms with Gasteiger partial charge in [-0.25, -0.2) is 0 Å². The van der Waals surface area contributed by atoms with Crippen molar-refractivity contribution in [2.75, 3.05) is 6.54 Å². The van der Waals surface area contributed by atoms with Crippen molar-refractivity contribution in [3.63, 3.8) is 0 Å². The minimum atomic E-state index is -0.253. The predicted molar refractivity (Wildman–Crippen MR) is 51.1 cm³/mol. The third kappa shape index (κ3) is 2.68. The van der Waals surface area contributed by atoms with Crippen LogP contribution in [0, 0.1) is 11.3 Å². The Morgan fingerprint density at radius 2 is 2.31 bits per heavy atom. The van der Waals surface area contributed by atoms with E-state index in [2.05, 4.69) is 11.0 Å². The molecule has 0 spiro atoms. The topological polar surface area (TPSA) is 47.3 Å². The number of hydrogen-bond acceptors (Lipinski definition) is 3. The molecular formula is C10H18N2O. The van der Waals surface area contributed by atoms with Gasteiger partial charge >= 0.3 is 0 Å². The van der Waals surface area contributed by atoms with Crippen LogP contribution in [-0.2, 0) is 0 Å². The van der Waals surface area contributed by atoms with Gasteiger partial charge in [0.15, 0.2) is 0 Å². The molecular weight excluding hydrogens is 164 g/mol. The second-order valence-corrected chi connectivity index (χ2v) is 3.92. The number of nitrogens with zero attached hydrogens (tertiary/aromatic N) is 2. The lowest BCUT2D eigenvalue weighted by Gasteiger charge is -2.27. The first kappa shape index (κ1) is 10.5. The molecule has 0 aliphatic carbocycles. The highest BCUT2D eigenvalue weighted by molar-refractivity contribution is 4.94. The molecule has 3 nitrogen and oxygen atoms in total. The molecule has 0 bridgehead atoms. The normalized spacial score (nSPS) is 28.3. The predicted octanol–water partition coefficient (Wildman–Crippen LogP) is 1.13. The standard InChI is InChI=1S/C10H18N2O/c1-8(7-11)12-5-3-4-10(12)6-9(2)13/h8-10,13H,3-6H2,1-2H3. The van der Waals surface area contributed by atoms with Crippen LogP contribution in [0.1, 0.15) is 33.1 Å². The Hall–Kier alpha value is -0.590. The van der Waals surface area contributed by atoms with Crippen LogP contribution < -0.4 is 0 Å². The van der Waals surface area contributed by atoms with E-state index >= 15 is 0 Å². The average molecular weight is 182 g/mol. The first-order chi connectivity index (χ1) is 6.15.